The van der Waals surface area contributed by atoms with E-state index in [1.165, 1.54) is 23.9 Å². The molecule has 4 aromatic rings. The predicted octanol–water partition coefficient (Wildman–Crippen LogP) is 5.00. The van der Waals surface area contributed by atoms with E-state index in [2.05, 4.69) is 16.4 Å². The number of halogens is 1. The summed E-state index contributed by atoms with van der Waals surface area (Å²) in [6.07, 6.45) is 3.64. The zero-order chi connectivity index (χ0) is 17.2. The molecule has 2 aromatic carbocycles. The summed E-state index contributed by atoms with van der Waals surface area (Å²) in [5, 5.41) is 6.23. The monoisotopic (exact) mass is 350 g/mol. The number of fused-ring (bicyclic) bond motifs is 1. The number of pyridine rings is 1. The molecule has 0 aliphatic rings. The van der Waals surface area contributed by atoms with Crippen LogP contribution < -0.4 is 5.32 Å². The molecular formula is C19H15FN4S. The second-order valence-electron chi connectivity index (χ2n) is 5.64. The third kappa shape index (κ3) is 3.49. The third-order valence-corrected chi connectivity index (χ3v) is 4.63. The molecule has 6 heteroatoms. The lowest BCUT2D eigenvalue weighted by Gasteiger charge is -2.10. The molecule has 1 N–H and O–H groups in total. The van der Waals surface area contributed by atoms with Crippen molar-refractivity contribution < 1.29 is 4.39 Å². The highest BCUT2D eigenvalue weighted by Gasteiger charge is 2.09. The largest absolute Gasteiger partial charge is 0.338 e. The van der Waals surface area contributed by atoms with Crippen LogP contribution >= 0.6 is 11.8 Å². The number of imidazole rings is 1. The Hall–Kier alpha value is -2.86. The highest BCUT2D eigenvalue weighted by atomic mass is 32.2. The molecule has 0 saturated heterocycles. The van der Waals surface area contributed by atoms with Crippen molar-refractivity contribution >= 4 is 34.2 Å². The number of hydrogen-bond acceptors (Lipinski definition) is 4. The Balaban J connectivity index is 1.73. The number of aryl methyl sites for hydroxylation is 1. The summed E-state index contributed by atoms with van der Waals surface area (Å²) < 4.78 is 15.0. The van der Waals surface area contributed by atoms with Crippen molar-refractivity contribution in [2.24, 2.45) is 7.05 Å². The van der Waals surface area contributed by atoms with Gasteiger partial charge in [-0.15, -0.1) is 0 Å². The van der Waals surface area contributed by atoms with Crippen molar-refractivity contribution in [3.8, 4) is 0 Å². The predicted molar refractivity (Wildman–Crippen MR) is 98.8 cm³/mol. The van der Waals surface area contributed by atoms with Crippen LogP contribution in [-0.4, -0.2) is 14.5 Å². The molecule has 0 saturated carbocycles. The first-order valence-electron chi connectivity index (χ1n) is 7.75. The Morgan fingerprint density at radius 1 is 1.08 bits per heavy atom. The van der Waals surface area contributed by atoms with Crippen LogP contribution in [0, 0.1) is 5.82 Å². The van der Waals surface area contributed by atoms with Crippen LogP contribution in [0.25, 0.3) is 10.8 Å². The van der Waals surface area contributed by atoms with Gasteiger partial charge in [0.25, 0.3) is 0 Å². The number of nitrogens with one attached hydrogen (secondary N) is 1. The molecule has 0 unspecified atom stereocenters. The van der Waals surface area contributed by atoms with E-state index in [1.807, 2.05) is 42.1 Å². The molecule has 0 aliphatic heterocycles. The second-order valence-corrected chi connectivity index (χ2v) is 6.73. The van der Waals surface area contributed by atoms with E-state index in [0.29, 0.717) is 0 Å². The van der Waals surface area contributed by atoms with E-state index in [4.69, 9.17) is 4.98 Å². The van der Waals surface area contributed by atoms with Crippen LogP contribution in [-0.2, 0) is 7.05 Å². The molecule has 0 atom stereocenters. The molecule has 0 bridgehead atoms. The van der Waals surface area contributed by atoms with Gasteiger partial charge in [0.2, 0.25) is 0 Å². The van der Waals surface area contributed by atoms with E-state index in [0.717, 1.165) is 32.3 Å². The van der Waals surface area contributed by atoms with Gasteiger partial charge in [0, 0.05) is 23.5 Å². The fourth-order valence-electron chi connectivity index (χ4n) is 2.54. The van der Waals surface area contributed by atoms with Gasteiger partial charge in [-0.2, -0.15) is 0 Å². The Morgan fingerprint density at radius 2 is 1.88 bits per heavy atom. The maximum absolute atomic E-state index is 13.1. The Morgan fingerprint density at radius 3 is 2.64 bits per heavy atom. The first-order valence-corrected chi connectivity index (χ1v) is 8.57. The smallest absolute Gasteiger partial charge is 0.149 e. The molecule has 2 aromatic heterocycles. The van der Waals surface area contributed by atoms with E-state index >= 15 is 0 Å². The molecule has 0 aliphatic carbocycles. The van der Waals surface area contributed by atoms with Gasteiger partial charge in [0.1, 0.15) is 22.5 Å². The molecule has 25 heavy (non-hydrogen) atoms. The maximum Gasteiger partial charge on any atom is 0.149 e. The summed E-state index contributed by atoms with van der Waals surface area (Å²) in [7, 11) is 1.92. The number of hydrogen-bond donors (Lipinski definition) is 1. The van der Waals surface area contributed by atoms with E-state index in [9.17, 15) is 4.39 Å². The van der Waals surface area contributed by atoms with Crippen molar-refractivity contribution in [2.45, 2.75) is 9.92 Å². The van der Waals surface area contributed by atoms with Crippen LogP contribution in [0.15, 0.2) is 77.0 Å². The average Bonchev–Trinajstić information content (AvgIpc) is 3.02. The van der Waals surface area contributed by atoms with E-state index in [1.54, 1.807) is 18.5 Å². The number of nitrogens with zero attached hydrogens (tertiary/aromatic N) is 3. The van der Waals surface area contributed by atoms with E-state index in [-0.39, 0.29) is 5.82 Å². The minimum absolute atomic E-state index is 0.242. The van der Waals surface area contributed by atoms with Gasteiger partial charge in [-0.25, -0.2) is 14.4 Å². The minimum Gasteiger partial charge on any atom is -0.338 e. The highest BCUT2D eigenvalue weighted by Crippen LogP contribution is 2.32. The van der Waals surface area contributed by atoms with Crippen molar-refractivity contribution in [3.63, 3.8) is 0 Å². The van der Waals surface area contributed by atoms with Crippen LogP contribution in [0.3, 0.4) is 0 Å². The standard InChI is InChI=1S/C19H15FN4S/c1-24-11-17(21-12-24)22-19-16-5-3-2-4-13(16)10-18(23-19)25-15-8-6-14(20)7-9-15/h2-12H,1H3,(H,22,23). The molecule has 0 fully saturated rings. The number of aromatic nitrogens is 3. The lowest BCUT2D eigenvalue weighted by molar-refractivity contribution is 0.626. The zero-order valence-corrected chi connectivity index (χ0v) is 14.3. The molecule has 0 radical (unpaired) electrons. The highest BCUT2D eigenvalue weighted by molar-refractivity contribution is 7.99. The molecule has 2 heterocycles. The lowest BCUT2D eigenvalue weighted by Crippen LogP contribution is -1.96. The van der Waals surface area contributed by atoms with Crippen LogP contribution in [0.5, 0.6) is 0 Å². The van der Waals surface area contributed by atoms with Gasteiger partial charge in [0.05, 0.1) is 6.33 Å². The van der Waals surface area contributed by atoms with Gasteiger partial charge in [0.15, 0.2) is 0 Å². The number of anilines is 2. The second kappa shape index (κ2) is 6.57. The summed E-state index contributed by atoms with van der Waals surface area (Å²) >= 11 is 1.50. The van der Waals surface area contributed by atoms with Gasteiger partial charge in [-0.05, 0) is 35.7 Å². The summed E-state index contributed by atoms with van der Waals surface area (Å²) in [5.41, 5.74) is 0. The van der Waals surface area contributed by atoms with Crippen molar-refractivity contribution in [1.82, 2.24) is 14.5 Å². The fourth-order valence-corrected chi connectivity index (χ4v) is 3.38. The maximum atomic E-state index is 13.1. The number of benzene rings is 2. The summed E-state index contributed by atoms with van der Waals surface area (Å²) in [4.78, 5) is 9.97. The van der Waals surface area contributed by atoms with Gasteiger partial charge < -0.3 is 9.88 Å². The first-order chi connectivity index (χ1) is 12.2. The molecule has 4 rings (SSSR count). The summed E-state index contributed by atoms with van der Waals surface area (Å²) in [5.74, 6) is 1.25. The van der Waals surface area contributed by atoms with Gasteiger partial charge in [-0.3, -0.25) is 0 Å². The van der Waals surface area contributed by atoms with Crippen LogP contribution in [0.1, 0.15) is 0 Å². The minimum atomic E-state index is -0.242. The molecule has 0 amide bonds. The fraction of sp³-hybridized carbons (Fsp3) is 0.0526. The topological polar surface area (TPSA) is 42.7 Å². The quantitative estimate of drug-likeness (QED) is 0.562. The third-order valence-electron chi connectivity index (χ3n) is 3.70. The van der Waals surface area contributed by atoms with Crippen molar-refractivity contribution in [2.75, 3.05) is 5.32 Å². The van der Waals surface area contributed by atoms with Crippen LogP contribution in [0.4, 0.5) is 16.0 Å². The molecule has 0 spiro atoms. The Kier molecular flexibility index (Phi) is 4.11. The Labute approximate surface area is 148 Å². The first kappa shape index (κ1) is 15.7. The summed E-state index contributed by atoms with van der Waals surface area (Å²) in [6.45, 7) is 0. The number of rotatable bonds is 4. The van der Waals surface area contributed by atoms with Gasteiger partial charge in [-0.1, -0.05) is 36.0 Å². The zero-order valence-electron chi connectivity index (χ0n) is 13.5. The molecule has 124 valence electrons. The molecule has 4 nitrogen and oxygen atoms in total. The van der Waals surface area contributed by atoms with Crippen molar-refractivity contribution in [3.05, 3.63) is 72.9 Å². The lowest BCUT2D eigenvalue weighted by atomic mass is 10.1. The molecular weight excluding hydrogens is 335 g/mol. The van der Waals surface area contributed by atoms with Crippen LogP contribution in [0.2, 0.25) is 0 Å². The van der Waals surface area contributed by atoms with E-state index < -0.39 is 0 Å². The summed E-state index contributed by atoms with van der Waals surface area (Å²) in [6, 6.07) is 16.5. The SMILES string of the molecule is Cn1cnc(Nc2nc(Sc3ccc(F)cc3)cc3ccccc23)c1. The average molecular weight is 350 g/mol. The Bertz CT molecular complexity index is 1030. The van der Waals surface area contributed by atoms with Gasteiger partial charge >= 0.3 is 0 Å². The van der Waals surface area contributed by atoms with Crippen molar-refractivity contribution in [1.29, 1.82) is 0 Å². The normalized spacial score (nSPS) is 11.0.